The van der Waals surface area contributed by atoms with Crippen LogP contribution in [0.1, 0.15) is 27.2 Å². The van der Waals surface area contributed by atoms with Crippen LogP contribution in [-0.4, -0.2) is 25.5 Å². The second-order valence-electron chi connectivity index (χ2n) is 7.16. The standard InChI is InChI=1S/C24H16Cl2N2O4S/c1-32-24(29)19-9-10-21(25)20(23(19)26)13-17-12-16-8-7-15(14-27)11-22(16)28(17)33(30,31)18-5-3-2-4-6-18/h2-12H,13H2,1H3. The van der Waals surface area contributed by atoms with Crippen molar-refractivity contribution in [3.63, 3.8) is 0 Å². The fraction of sp³-hybridized carbons (Fsp3) is 0.0833. The maximum atomic E-state index is 13.7. The number of halogens is 2. The monoisotopic (exact) mass is 498 g/mol. The van der Waals surface area contributed by atoms with E-state index in [2.05, 4.69) is 0 Å². The van der Waals surface area contributed by atoms with Crippen LogP contribution in [0.15, 0.2) is 71.6 Å². The Kier molecular flexibility index (Phi) is 6.17. The second kappa shape index (κ2) is 8.91. The highest BCUT2D eigenvalue weighted by Gasteiger charge is 2.25. The first-order valence-corrected chi connectivity index (χ1v) is 11.9. The third-order valence-corrected chi connectivity index (χ3v) is 7.76. The van der Waals surface area contributed by atoms with Crippen molar-refractivity contribution in [1.82, 2.24) is 3.97 Å². The number of esters is 1. The van der Waals surface area contributed by atoms with Gasteiger partial charge in [0.15, 0.2) is 0 Å². The third kappa shape index (κ3) is 4.09. The lowest BCUT2D eigenvalue weighted by atomic mass is 10.1. The first kappa shape index (κ1) is 22.9. The van der Waals surface area contributed by atoms with Crippen molar-refractivity contribution in [2.45, 2.75) is 11.3 Å². The number of methoxy groups -OCH3 is 1. The van der Waals surface area contributed by atoms with Crippen LogP contribution in [0.4, 0.5) is 0 Å². The fourth-order valence-corrected chi connectivity index (χ4v) is 5.75. The molecule has 0 fully saturated rings. The number of nitriles is 1. The number of nitrogens with zero attached hydrogens (tertiary/aromatic N) is 2. The smallest absolute Gasteiger partial charge is 0.339 e. The predicted octanol–water partition coefficient (Wildman–Crippen LogP) is 5.43. The number of ether oxygens (including phenoxy) is 1. The highest BCUT2D eigenvalue weighted by molar-refractivity contribution is 7.90. The number of carbonyl (C=O) groups is 1. The number of carbonyl (C=O) groups excluding carboxylic acids is 1. The van der Waals surface area contributed by atoms with Gasteiger partial charge in [0.25, 0.3) is 10.0 Å². The first-order valence-electron chi connectivity index (χ1n) is 9.68. The van der Waals surface area contributed by atoms with Gasteiger partial charge in [-0.05, 0) is 48.0 Å². The molecule has 0 spiro atoms. The largest absolute Gasteiger partial charge is 0.465 e. The molecule has 1 heterocycles. The van der Waals surface area contributed by atoms with Crippen molar-refractivity contribution in [2.75, 3.05) is 7.11 Å². The third-order valence-electron chi connectivity index (χ3n) is 5.19. The van der Waals surface area contributed by atoms with Gasteiger partial charge in [-0.15, -0.1) is 0 Å². The average molecular weight is 499 g/mol. The molecule has 6 nitrogen and oxygen atoms in total. The number of aromatic nitrogens is 1. The minimum Gasteiger partial charge on any atom is -0.465 e. The van der Waals surface area contributed by atoms with E-state index in [1.165, 1.54) is 41.4 Å². The van der Waals surface area contributed by atoms with Crippen LogP contribution in [-0.2, 0) is 21.2 Å². The summed E-state index contributed by atoms with van der Waals surface area (Å²) in [6.45, 7) is 0. The molecule has 4 aromatic rings. The summed E-state index contributed by atoms with van der Waals surface area (Å²) in [6, 6.07) is 19.5. The number of hydrogen-bond acceptors (Lipinski definition) is 5. The molecule has 0 aliphatic carbocycles. The van der Waals surface area contributed by atoms with Crippen molar-refractivity contribution in [3.05, 3.63) is 99.2 Å². The minimum absolute atomic E-state index is 0.0190. The summed E-state index contributed by atoms with van der Waals surface area (Å²) in [6.07, 6.45) is 0.0190. The number of hydrogen-bond donors (Lipinski definition) is 0. The van der Waals surface area contributed by atoms with Crippen LogP contribution in [0.3, 0.4) is 0 Å². The molecule has 0 radical (unpaired) electrons. The molecular weight excluding hydrogens is 483 g/mol. The van der Waals surface area contributed by atoms with Crippen molar-refractivity contribution in [3.8, 4) is 6.07 Å². The molecule has 3 aromatic carbocycles. The lowest BCUT2D eigenvalue weighted by Gasteiger charge is -2.14. The van der Waals surface area contributed by atoms with Gasteiger partial charge in [-0.1, -0.05) is 47.5 Å². The van der Waals surface area contributed by atoms with Gasteiger partial charge in [-0.25, -0.2) is 17.2 Å². The number of fused-ring (bicyclic) bond motifs is 1. The Balaban J connectivity index is 1.98. The van der Waals surface area contributed by atoms with E-state index < -0.39 is 16.0 Å². The van der Waals surface area contributed by atoms with Crippen LogP contribution in [0.2, 0.25) is 10.0 Å². The lowest BCUT2D eigenvalue weighted by Crippen LogP contribution is -2.16. The van der Waals surface area contributed by atoms with E-state index in [4.69, 9.17) is 27.9 Å². The summed E-state index contributed by atoms with van der Waals surface area (Å²) in [7, 11) is -2.79. The summed E-state index contributed by atoms with van der Waals surface area (Å²) < 4.78 is 33.3. The molecule has 0 saturated carbocycles. The van der Waals surface area contributed by atoms with Gasteiger partial charge in [0.2, 0.25) is 0 Å². The minimum atomic E-state index is -4.03. The van der Waals surface area contributed by atoms with Crippen LogP contribution in [0.5, 0.6) is 0 Å². The SMILES string of the molecule is COC(=O)c1ccc(Cl)c(Cc2cc3ccc(C#N)cc3n2S(=O)(=O)c2ccccc2)c1Cl. The van der Waals surface area contributed by atoms with Crippen molar-refractivity contribution in [1.29, 1.82) is 5.26 Å². The van der Waals surface area contributed by atoms with E-state index in [-0.39, 0.29) is 26.9 Å². The van der Waals surface area contributed by atoms with Gasteiger partial charge in [-0.3, -0.25) is 0 Å². The Morgan fingerprint density at radius 3 is 2.45 bits per heavy atom. The Morgan fingerprint density at radius 1 is 1.06 bits per heavy atom. The quantitative estimate of drug-likeness (QED) is 0.342. The van der Waals surface area contributed by atoms with Gasteiger partial charge in [0.1, 0.15) is 0 Å². The topological polar surface area (TPSA) is 89.2 Å². The van der Waals surface area contributed by atoms with E-state index in [1.807, 2.05) is 6.07 Å². The van der Waals surface area contributed by atoms with Crippen molar-refractivity contribution < 1.29 is 17.9 Å². The van der Waals surface area contributed by atoms with Crippen LogP contribution in [0, 0.1) is 11.3 Å². The summed E-state index contributed by atoms with van der Waals surface area (Å²) >= 11 is 12.9. The lowest BCUT2D eigenvalue weighted by molar-refractivity contribution is 0.0601. The van der Waals surface area contributed by atoms with Crippen molar-refractivity contribution in [2.24, 2.45) is 0 Å². The van der Waals surface area contributed by atoms with E-state index in [0.29, 0.717) is 27.7 Å². The van der Waals surface area contributed by atoms with Crippen LogP contribution in [0.25, 0.3) is 10.9 Å². The Morgan fingerprint density at radius 2 is 1.79 bits per heavy atom. The molecule has 33 heavy (non-hydrogen) atoms. The molecule has 166 valence electrons. The summed E-state index contributed by atoms with van der Waals surface area (Å²) in [4.78, 5) is 12.2. The van der Waals surface area contributed by atoms with Gasteiger partial charge in [0, 0.05) is 22.5 Å². The molecule has 0 aliphatic rings. The number of rotatable bonds is 5. The molecule has 4 rings (SSSR count). The normalized spacial score (nSPS) is 11.3. The molecule has 0 amide bonds. The van der Waals surface area contributed by atoms with E-state index in [0.717, 1.165) is 0 Å². The van der Waals surface area contributed by atoms with Gasteiger partial charge >= 0.3 is 5.97 Å². The molecule has 0 N–H and O–H groups in total. The number of benzene rings is 3. The molecule has 0 atom stereocenters. The average Bonchev–Trinajstić information content (AvgIpc) is 3.19. The Bertz CT molecular complexity index is 1540. The summed E-state index contributed by atoms with van der Waals surface area (Å²) in [5.74, 6) is -0.631. The van der Waals surface area contributed by atoms with Gasteiger partial charge < -0.3 is 4.74 Å². The van der Waals surface area contributed by atoms with Gasteiger partial charge in [0.05, 0.1) is 39.7 Å². The zero-order valence-corrected chi connectivity index (χ0v) is 19.6. The second-order valence-corrected chi connectivity index (χ2v) is 9.73. The molecule has 0 unspecified atom stereocenters. The van der Waals surface area contributed by atoms with E-state index >= 15 is 0 Å². The zero-order valence-electron chi connectivity index (χ0n) is 17.2. The maximum absolute atomic E-state index is 13.7. The Labute approximate surface area is 200 Å². The maximum Gasteiger partial charge on any atom is 0.339 e. The molecule has 9 heteroatoms. The van der Waals surface area contributed by atoms with E-state index in [9.17, 15) is 18.5 Å². The molecule has 0 saturated heterocycles. The highest BCUT2D eigenvalue weighted by Crippen LogP contribution is 2.34. The molecule has 0 aliphatic heterocycles. The van der Waals surface area contributed by atoms with Gasteiger partial charge in [-0.2, -0.15) is 5.26 Å². The van der Waals surface area contributed by atoms with Crippen LogP contribution >= 0.6 is 23.2 Å². The fourth-order valence-electron chi connectivity index (χ4n) is 3.62. The van der Waals surface area contributed by atoms with E-state index in [1.54, 1.807) is 36.4 Å². The predicted molar refractivity (Wildman–Crippen MR) is 126 cm³/mol. The highest BCUT2D eigenvalue weighted by atomic mass is 35.5. The molecular formula is C24H16Cl2N2O4S. The zero-order chi connectivity index (χ0) is 23.8. The molecule has 1 aromatic heterocycles. The van der Waals surface area contributed by atoms with Crippen LogP contribution < -0.4 is 0 Å². The summed E-state index contributed by atoms with van der Waals surface area (Å²) in [5.41, 5.74) is 1.55. The van der Waals surface area contributed by atoms with Crippen molar-refractivity contribution >= 4 is 50.1 Å². The molecule has 0 bridgehead atoms. The summed E-state index contributed by atoms with van der Waals surface area (Å²) in [5, 5.41) is 10.3. The first-order chi connectivity index (χ1) is 15.8. The Hall–Kier alpha value is -3.31.